The Kier molecular flexibility index (Phi) is 2.70. The molecule has 2 N–H and O–H groups in total. The van der Waals surface area contributed by atoms with E-state index in [0.717, 1.165) is 24.2 Å². The molecule has 102 valence electrons. The topological polar surface area (TPSA) is 38.9 Å². The molecule has 4 fully saturated rings. The van der Waals surface area contributed by atoms with Gasteiger partial charge in [0.25, 0.3) is 0 Å². The molecule has 0 radical (unpaired) electrons. The van der Waals surface area contributed by atoms with Crippen LogP contribution in [-0.2, 0) is 6.42 Å². The van der Waals surface area contributed by atoms with Gasteiger partial charge in [0.15, 0.2) is 0 Å². The normalized spacial score (nSPS) is 41.4. The van der Waals surface area contributed by atoms with Crippen molar-refractivity contribution in [1.29, 1.82) is 0 Å². The molecule has 5 rings (SSSR count). The van der Waals surface area contributed by atoms with Gasteiger partial charge >= 0.3 is 0 Å². The summed E-state index contributed by atoms with van der Waals surface area (Å²) in [5.74, 6) is 2.98. The third kappa shape index (κ3) is 2.01. The highest BCUT2D eigenvalue weighted by atomic mass is 14.7. The molecule has 1 unspecified atom stereocenters. The number of pyridine rings is 1. The van der Waals surface area contributed by atoms with E-state index in [-0.39, 0.29) is 0 Å². The lowest BCUT2D eigenvalue weighted by Crippen LogP contribution is -2.55. The van der Waals surface area contributed by atoms with Crippen LogP contribution in [0.1, 0.15) is 44.1 Å². The summed E-state index contributed by atoms with van der Waals surface area (Å²) < 4.78 is 0. The van der Waals surface area contributed by atoms with Crippen LogP contribution in [0.3, 0.4) is 0 Å². The summed E-state index contributed by atoms with van der Waals surface area (Å²) in [6, 6.07) is 4.54. The molecule has 4 aliphatic rings. The van der Waals surface area contributed by atoms with Crippen molar-refractivity contribution in [2.24, 2.45) is 28.9 Å². The molecule has 1 aromatic rings. The molecule has 19 heavy (non-hydrogen) atoms. The van der Waals surface area contributed by atoms with Crippen molar-refractivity contribution >= 4 is 0 Å². The van der Waals surface area contributed by atoms with Crippen molar-refractivity contribution < 1.29 is 0 Å². The van der Waals surface area contributed by atoms with Gasteiger partial charge in [-0.3, -0.25) is 4.98 Å². The van der Waals surface area contributed by atoms with Gasteiger partial charge in [-0.05, 0) is 79.7 Å². The monoisotopic (exact) mass is 256 g/mol. The maximum absolute atomic E-state index is 6.68. The van der Waals surface area contributed by atoms with E-state index >= 15 is 0 Å². The molecule has 4 aliphatic carbocycles. The fourth-order valence-electron chi connectivity index (χ4n) is 5.62. The van der Waals surface area contributed by atoms with Crippen molar-refractivity contribution in [1.82, 2.24) is 4.98 Å². The first-order valence-electron chi connectivity index (χ1n) is 7.88. The molecule has 1 heterocycles. The zero-order valence-electron chi connectivity index (χ0n) is 11.6. The Labute approximate surface area is 115 Å². The van der Waals surface area contributed by atoms with Crippen molar-refractivity contribution in [3.8, 4) is 0 Å². The van der Waals surface area contributed by atoms with Gasteiger partial charge in [-0.2, -0.15) is 0 Å². The maximum atomic E-state index is 6.68. The van der Waals surface area contributed by atoms with Gasteiger partial charge in [-0.1, -0.05) is 6.07 Å². The zero-order valence-corrected chi connectivity index (χ0v) is 11.6. The summed E-state index contributed by atoms with van der Waals surface area (Å²) in [6.07, 6.45) is 13.6. The van der Waals surface area contributed by atoms with E-state index in [1.165, 1.54) is 44.1 Å². The highest BCUT2D eigenvalue weighted by molar-refractivity contribution is 5.14. The van der Waals surface area contributed by atoms with Crippen LogP contribution in [0.4, 0.5) is 0 Å². The van der Waals surface area contributed by atoms with Crippen molar-refractivity contribution in [3.63, 3.8) is 0 Å². The van der Waals surface area contributed by atoms with Gasteiger partial charge in [0, 0.05) is 18.4 Å². The van der Waals surface area contributed by atoms with Crippen LogP contribution in [-0.4, -0.2) is 11.0 Å². The maximum Gasteiger partial charge on any atom is 0.0300 e. The van der Waals surface area contributed by atoms with E-state index in [4.69, 9.17) is 5.73 Å². The Morgan fingerprint density at radius 1 is 1.16 bits per heavy atom. The average Bonchev–Trinajstić information content (AvgIpc) is 2.38. The molecular formula is C17H24N2. The van der Waals surface area contributed by atoms with Crippen LogP contribution in [0.25, 0.3) is 0 Å². The van der Waals surface area contributed by atoms with E-state index in [1.54, 1.807) is 0 Å². The summed E-state index contributed by atoms with van der Waals surface area (Å²) in [6.45, 7) is 0. The molecule has 0 amide bonds. The van der Waals surface area contributed by atoms with E-state index in [2.05, 4.69) is 11.1 Å². The van der Waals surface area contributed by atoms with Gasteiger partial charge in [0.1, 0.15) is 0 Å². The first-order chi connectivity index (χ1) is 9.23. The van der Waals surface area contributed by atoms with Crippen LogP contribution >= 0.6 is 0 Å². The molecular weight excluding hydrogens is 232 g/mol. The lowest BCUT2D eigenvalue weighted by atomic mass is 9.47. The third-order valence-electron chi connectivity index (χ3n) is 6.05. The summed E-state index contributed by atoms with van der Waals surface area (Å²) >= 11 is 0. The van der Waals surface area contributed by atoms with Crippen LogP contribution in [0.2, 0.25) is 0 Å². The largest absolute Gasteiger partial charge is 0.327 e. The van der Waals surface area contributed by atoms with Crippen LogP contribution < -0.4 is 5.73 Å². The quantitative estimate of drug-likeness (QED) is 0.902. The van der Waals surface area contributed by atoms with E-state index in [9.17, 15) is 0 Å². The SMILES string of the molecule is NC(Cc1cccnc1)C12CC3CC(CC(C3)C1)C2. The molecule has 4 saturated carbocycles. The molecule has 2 heteroatoms. The first kappa shape index (κ1) is 11.9. The number of nitrogens with two attached hydrogens (primary N) is 1. The average molecular weight is 256 g/mol. The minimum atomic E-state index is 0.338. The van der Waals surface area contributed by atoms with Gasteiger partial charge in [-0.15, -0.1) is 0 Å². The fourth-order valence-corrected chi connectivity index (χ4v) is 5.62. The smallest absolute Gasteiger partial charge is 0.0300 e. The Bertz CT molecular complexity index is 418. The molecule has 0 aliphatic heterocycles. The molecule has 1 atom stereocenters. The number of aromatic nitrogens is 1. The van der Waals surface area contributed by atoms with Gasteiger partial charge < -0.3 is 5.73 Å². The highest BCUT2D eigenvalue weighted by Crippen LogP contribution is 2.61. The first-order valence-corrected chi connectivity index (χ1v) is 7.88. The second kappa shape index (κ2) is 4.31. The number of rotatable bonds is 3. The Morgan fingerprint density at radius 2 is 1.79 bits per heavy atom. The molecule has 0 aromatic carbocycles. The van der Waals surface area contributed by atoms with E-state index in [0.29, 0.717) is 11.5 Å². The van der Waals surface area contributed by atoms with E-state index in [1.807, 2.05) is 18.5 Å². The fraction of sp³-hybridized carbons (Fsp3) is 0.706. The van der Waals surface area contributed by atoms with Crippen LogP contribution in [0.5, 0.6) is 0 Å². The van der Waals surface area contributed by atoms with Crippen molar-refractivity contribution in [2.45, 2.75) is 51.0 Å². The number of hydrogen-bond acceptors (Lipinski definition) is 2. The Morgan fingerprint density at radius 3 is 2.32 bits per heavy atom. The number of nitrogens with zero attached hydrogens (tertiary/aromatic N) is 1. The lowest BCUT2D eigenvalue weighted by Gasteiger charge is -2.59. The summed E-state index contributed by atoms with van der Waals surface area (Å²) in [7, 11) is 0. The standard InChI is InChI=1S/C17H24N2/c18-16(7-12-2-1-3-19-11-12)17-8-13-4-14(9-17)6-15(5-13)10-17/h1-3,11,13-16H,4-10,18H2. The van der Waals surface area contributed by atoms with Crippen LogP contribution in [0, 0.1) is 23.2 Å². The van der Waals surface area contributed by atoms with Gasteiger partial charge in [0.2, 0.25) is 0 Å². The molecule has 0 spiro atoms. The highest BCUT2D eigenvalue weighted by Gasteiger charge is 2.53. The Hall–Kier alpha value is -0.890. The summed E-state index contributed by atoms with van der Waals surface area (Å²) in [5, 5.41) is 0. The van der Waals surface area contributed by atoms with Gasteiger partial charge in [0.05, 0.1) is 0 Å². The molecule has 4 bridgehead atoms. The molecule has 1 aromatic heterocycles. The summed E-state index contributed by atoms with van der Waals surface area (Å²) in [5.41, 5.74) is 8.45. The van der Waals surface area contributed by atoms with Crippen molar-refractivity contribution in [2.75, 3.05) is 0 Å². The Balaban J connectivity index is 1.55. The molecule has 0 saturated heterocycles. The minimum Gasteiger partial charge on any atom is -0.327 e. The zero-order chi connectivity index (χ0) is 12.9. The van der Waals surface area contributed by atoms with Crippen LogP contribution in [0.15, 0.2) is 24.5 Å². The number of hydrogen-bond donors (Lipinski definition) is 1. The van der Waals surface area contributed by atoms with Gasteiger partial charge in [-0.25, -0.2) is 0 Å². The second-order valence-corrected chi connectivity index (χ2v) is 7.45. The van der Waals surface area contributed by atoms with E-state index < -0.39 is 0 Å². The second-order valence-electron chi connectivity index (χ2n) is 7.45. The predicted octanol–water partition coefficient (Wildman–Crippen LogP) is 3.17. The minimum absolute atomic E-state index is 0.338. The predicted molar refractivity (Wildman–Crippen MR) is 76.5 cm³/mol. The third-order valence-corrected chi connectivity index (χ3v) is 6.05. The lowest BCUT2D eigenvalue weighted by molar-refractivity contribution is -0.0667. The summed E-state index contributed by atoms with van der Waals surface area (Å²) in [4.78, 5) is 4.23. The molecule has 2 nitrogen and oxygen atoms in total. The van der Waals surface area contributed by atoms with Crippen molar-refractivity contribution in [3.05, 3.63) is 30.1 Å².